The molecule has 0 fully saturated rings. The first kappa shape index (κ1) is 68.0. The van der Waals surface area contributed by atoms with E-state index in [4.69, 9.17) is 18.9 Å². The number of carbonyl (C=O) groups is 3. The number of hydrogen-bond donors (Lipinski definition) is 0. The van der Waals surface area contributed by atoms with E-state index < -0.39 is 24.3 Å². The molecule has 0 spiro atoms. The van der Waals surface area contributed by atoms with Gasteiger partial charge in [0.05, 0.1) is 40.3 Å². The minimum Gasteiger partial charge on any atom is -0.545 e. The van der Waals surface area contributed by atoms with E-state index in [1.165, 1.54) is 231 Å². The standard InChI is InChI=1S/C61H117NO8/c1-6-8-10-12-14-16-18-20-22-24-26-28-29-30-32-33-35-37-39-41-43-45-47-49-51-58(63)68-55-57(56-69-61(60(65)66)67-54-53-62(3,4)5)70-59(64)52-50-48-46-44-42-40-38-36-34-31-27-25-23-21-19-17-15-13-11-9-7-2/h25,27,57,61H,6-24,26,28-56H2,1-5H3/b27-25-. The maximum absolute atomic E-state index is 12.9. The molecule has 0 bridgehead atoms. The highest BCUT2D eigenvalue weighted by Gasteiger charge is 2.22. The van der Waals surface area contributed by atoms with Crippen LogP contribution < -0.4 is 5.11 Å². The zero-order valence-electron chi connectivity index (χ0n) is 47.2. The van der Waals surface area contributed by atoms with Gasteiger partial charge in [0.15, 0.2) is 12.4 Å². The van der Waals surface area contributed by atoms with Crippen molar-refractivity contribution in [2.24, 2.45) is 0 Å². The minimum absolute atomic E-state index is 0.151. The third kappa shape index (κ3) is 53.8. The lowest BCUT2D eigenvalue weighted by Gasteiger charge is -2.26. The van der Waals surface area contributed by atoms with Crippen molar-refractivity contribution in [2.75, 3.05) is 47.5 Å². The summed E-state index contributed by atoms with van der Waals surface area (Å²) in [7, 11) is 5.93. The fourth-order valence-corrected chi connectivity index (χ4v) is 9.06. The summed E-state index contributed by atoms with van der Waals surface area (Å²) in [6, 6.07) is 0. The fourth-order valence-electron chi connectivity index (χ4n) is 9.06. The first-order chi connectivity index (χ1) is 34.1. The fraction of sp³-hybridized carbons (Fsp3) is 0.918. The van der Waals surface area contributed by atoms with Crippen LogP contribution in [-0.2, 0) is 33.3 Å². The number of likely N-dealkylation sites (N-methyl/N-ethyl adjacent to an activating group) is 1. The van der Waals surface area contributed by atoms with Crippen LogP contribution in [0.5, 0.6) is 0 Å². The van der Waals surface area contributed by atoms with Crippen molar-refractivity contribution in [3.8, 4) is 0 Å². The Morgan fingerprint density at radius 1 is 0.414 bits per heavy atom. The van der Waals surface area contributed by atoms with Crippen molar-refractivity contribution in [2.45, 2.75) is 315 Å². The largest absolute Gasteiger partial charge is 0.545 e. The van der Waals surface area contributed by atoms with Gasteiger partial charge >= 0.3 is 11.9 Å². The molecule has 0 amide bonds. The second-order valence-electron chi connectivity index (χ2n) is 22.0. The van der Waals surface area contributed by atoms with Gasteiger partial charge in [-0.2, -0.15) is 0 Å². The molecule has 0 saturated carbocycles. The highest BCUT2D eigenvalue weighted by Crippen LogP contribution is 2.18. The van der Waals surface area contributed by atoms with Gasteiger partial charge in [-0.1, -0.05) is 264 Å². The normalized spacial score (nSPS) is 12.8. The summed E-state index contributed by atoms with van der Waals surface area (Å²) in [6.45, 7) is 4.81. The summed E-state index contributed by atoms with van der Waals surface area (Å²) in [5.41, 5.74) is 0. The summed E-state index contributed by atoms with van der Waals surface area (Å²) in [5, 5.41) is 11.8. The molecule has 2 atom stereocenters. The molecule has 0 aliphatic heterocycles. The molecule has 414 valence electrons. The number of carboxylic acid groups (broad SMARTS) is 1. The number of allylic oxidation sites excluding steroid dienone is 2. The van der Waals surface area contributed by atoms with Crippen LogP contribution in [0.1, 0.15) is 303 Å². The van der Waals surface area contributed by atoms with E-state index in [0.717, 1.165) is 38.5 Å². The lowest BCUT2D eigenvalue weighted by Crippen LogP contribution is -2.44. The monoisotopic (exact) mass is 992 g/mol. The minimum atomic E-state index is -1.62. The number of aliphatic carboxylic acids is 1. The molecule has 0 radical (unpaired) electrons. The highest BCUT2D eigenvalue weighted by atomic mass is 16.7. The number of carboxylic acids is 1. The van der Waals surface area contributed by atoms with Crippen molar-refractivity contribution in [3.63, 3.8) is 0 Å². The maximum Gasteiger partial charge on any atom is 0.306 e. The summed E-state index contributed by atoms with van der Waals surface area (Å²) in [5.74, 6) is -2.26. The van der Waals surface area contributed by atoms with Crippen LogP contribution in [0.15, 0.2) is 12.2 Å². The van der Waals surface area contributed by atoms with E-state index in [0.29, 0.717) is 23.9 Å². The third-order valence-corrected chi connectivity index (χ3v) is 13.8. The summed E-state index contributed by atoms with van der Waals surface area (Å²) in [6.07, 6.45) is 58.3. The average Bonchev–Trinajstić information content (AvgIpc) is 3.33. The second kappa shape index (κ2) is 53.3. The zero-order chi connectivity index (χ0) is 51.3. The third-order valence-electron chi connectivity index (χ3n) is 13.8. The number of esters is 2. The number of hydrogen-bond acceptors (Lipinski definition) is 8. The van der Waals surface area contributed by atoms with Gasteiger partial charge < -0.3 is 33.3 Å². The molecule has 0 heterocycles. The van der Waals surface area contributed by atoms with E-state index in [-0.39, 0.29) is 32.2 Å². The molecule has 0 aromatic carbocycles. The van der Waals surface area contributed by atoms with Gasteiger partial charge in [-0.25, -0.2) is 0 Å². The number of quaternary nitrogens is 1. The molecule has 0 aromatic heterocycles. The Morgan fingerprint density at radius 3 is 1.06 bits per heavy atom. The molecule has 70 heavy (non-hydrogen) atoms. The smallest absolute Gasteiger partial charge is 0.306 e. The number of rotatable bonds is 57. The van der Waals surface area contributed by atoms with Gasteiger partial charge in [-0.3, -0.25) is 9.59 Å². The Balaban J connectivity index is 4.17. The molecule has 0 N–H and O–H groups in total. The molecular formula is C61H117NO8. The number of unbranched alkanes of at least 4 members (excludes halogenated alkanes) is 40. The SMILES string of the molecule is CCCCCCCCCC/C=C\CCCCCCCCCCCC(=O)OC(COC(=O)CCCCCCCCCCCCCCCCCCCCCCCCCC)COC(OCC[N+](C)(C)C)C(=O)[O-]. The lowest BCUT2D eigenvalue weighted by atomic mass is 10.0. The average molecular weight is 993 g/mol. The highest BCUT2D eigenvalue weighted by molar-refractivity contribution is 5.70. The van der Waals surface area contributed by atoms with Crippen molar-refractivity contribution in [3.05, 3.63) is 12.2 Å². The van der Waals surface area contributed by atoms with E-state index in [1.54, 1.807) is 0 Å². The Morgan fingerprint density at radius 2 is 0.729 bits per heavy atom. The van der Waals surface area contributed by atoms with Gasteiger partial charge in [-0.15, -0.1) is 0 Å². The predicted molar refractivity (Wildman–Crippen MR) is 293 cm³/mol. The number of nitrogens with zero attached hydrogens (tertiary/aromatic N) is 1. The molecule has 9 nitrogen and oxygen atoms in total. The van der Waals surface area contributed by atoms with Crippen LogP contribution >= 0.6 is 0 Å². The number of carbonyl (C=O) groups excluding carboxylic acids is 3. The van der Waals surface area contributed by atoms with E-state index in [1.807, 2.05) is 21.1 Å². The quantitative estimate of drug-likeness (QED) is 0.0195. The van der Waals surface area contributed by atoms with Crippen LogP contribution in [0.3, 0.4) is 0 Å². The zero-order valence-corrected chi connectivity index (χ0v) is 47.2. The summed E-state index contributed by atoms with van der Waals surface area (Å²) in [4.78, 5) is 37.3. The van der Waals surface area contributed by atoms with Crippen molar-refractivity contribution >= 4 is 17.9 Å². The van der Waals surface area contributed by atoms with Crippen molar-refractivity contribution < 1.29 is 42.9 Å². The Hall–Kier alpha value is -1.97. The Labute approximate surface area is 434 Å². The Bertz CT molecular complexity index is 1150. The van der Waals surface area contributed by atoms with Crippen LogP contribution in [0.4, 0.5) is 0 Å². The molecule has 0 saturated heterocycles. The molecular weight excluding hydrogens is 875 g/mol. The molecule has 9 heteroatoms. The van der Waals surface area contributed by atoms with Gasteiger partial charge in [0.2, 0.25) is 0 Å². The summed E-state index contributed by atoms with van der Waals surface area (Å²) < 4.78 is 22.7. The second-order valence-corrected chi connectivity index (χ2v) is 22.0. The molecule has 0 aromatic rings. The molecule has 0 rings (SSSR count). The first-order valence-corrected chi connectivity index (χ1v) is 30.3. The van der Waals surface area contributed by atoms with E-state index in [9.17, 15) is 19.5 Å². The van der Waals surface area contributed by atoms with Gasteiger partial charge in [-0.05, 0) is 38.5 Å². The topological polar surface area (TPSA) is 111 Å². The van der Waals surface area contributed by atoms with E-state index >= 15 is 0 Å². The lowest BCUT2D eigenvalue weighted by molar-refractivity contribution is -0.870. The number of ether oxygens (including phenoxy) is 4. The van der Waals surface area contributed by atoms with Gasteiger partial charge in [0.25, 0.3) is 0 Å². The van der Waals surface area contributed by atoms with Crippen LogP contribution in [0, 0.1) is 0 Å². The molecule has 0 aliphatic rings. The van der Waals surface area contributed by atoms with Crippen molar-refractivity contribution in [1.82, 2.24) is 0 Å². The summed E-state index contributed by atoms with van der Waals surface area (Å²) >= 11 is 0. The predicted octanol–water partition coefficient (Wildman–Crippen LogP) is 16.4. The van der Waals surface area contributed by atoms with Gasteiger partial charge in [0.1, 0.15) is 13.2 Å². The maximum atomic E-state index is 12.9. The van der Waals surface area contributed by atoms with E-state index in [2.05, 4.69) is 26.0 Å². The Kier molecular flexibility index (Phi) is 51.8. The molecule has 2 unspecified atom stereocenters. The first-order valence-electron chi connectivity index (χ1n) is 30.3. The van der Waals surface area contributed by atoms with Crippen molar-refractivity contribution in [1.29, 1.82) is 0 Å². The molecule has 0 aliphatic carbocycles. The van der Waals surface area contributed by atoms with Crippen LogP contribution in [0.2, 0.25) is 0 Å². The van der Waals surface area contributed by atoms with Crippen LogP contribution in [-0.4, -0.2) is 82.3 Å². The van der Waals surface area contributed by atoms with Crippen LogP contribution in [0.25, 0.3) is 0 Å². The van der Waals surface area contributed by atoms with Gasteiger partial charge in [0, 0.05) is 12.8 Å².